The van der Waals surface area contributed by atoms with E-state index in [0.29, 0.717) is 28.3 Å². The maximum absolute atomic E-state index is 13.0. The van der Waals surface area contributed by atoms with E-state index >= 15 is 0 Å². The summed E-state index contributed by atoms with van der Waals surface area (Å²) in [5.41, 5.74) is 1.40. The largest absolute Gasteiger partial charge is 0.492 e. The lowest BCUT2D eigenvalue weighted by molar-refractivity contribution is 0.0932. The molecule has 1 N–H and O–H groups in total. The topological polar surface area (TPSA) is 79.8 Å². The predicted molar refractivity (Wildman–Crippen MR) is 134 cm³/mol. The summed E-state index contributed by atoms with van der Waals surface area (Å²) in [5, 5.41) is 3.83. The van der Waals surface area contributed by atoms with Gasteiger partial charge in [0, 0.05) is 18.4 Å². The van der Waals surface area contributed by atoms with Crippen LogP contribution in [-0.4, -0.2) is 53.7 Å². The van der Waals surface area contributed by atoms with Crippen LogP contribution in [0.5, 0.6) is 11.6 Å². The summed E-state index contributed by atoms with van der Waals surface area (Å²) in [6, 6.07) is 12.6. The number of hydrogen-bond acceptors (Lipinski definition) is 7. The van der Waals surface area contributed by atoms with Crippen molar-refractivity contribution in [2.45, 2.75) is 13.8 Å². The van der Waals surface area contributed by atoms with Crippen LogP contribution in [0, 0.1) is 0 Å². The fourth-order valence-electron chi connectivity index (χ4n) is 3.52. The van der Waals surface area contributed by atoms with Crippen LogP contribution in [0.25, 0.3) is 0 Å². The van der Waals surface area contributed by atoms with Crippen molar-refractivity contribution in [1.82, 2.24) is 14.9 Å². The Hall–Kier alpha value is -3.07. The number of fused-ring (bicyclic) bond motifs is 1. The van der Waals surface area contributed by atoms with E-state index in [1.54, 1.807) is 18.2 Å². The Morgan fingerprint density at radius 2 is 1.82 bits per heavy atom. The van der Waals surface area contributed by atoms with E-state index in [1.165, 1.54) is 11.1 Å². The summed E-state index contributed by atoms with van der Waals surface area (Å²) in [6.45, 7) is 7.73. The summed E-state index contributed by atoms with van der Waals surface area (Å²) in [5.74, 6) is 0.953. The molecule has 1 aliphatic rings. The maximum atomic E-state index is 13.0. The van der Waals surface area contributed by atoms with Gasteiger partial charge in [0.2, 0.25) is 11.8 Å². The lowest BCUT2D eigenvalue weighted by atomic mass is 10.2. The lowest BCUT2D eigenvalue weighted by Crippen LogP contribution is -2.39. The third kappa shape index (κ3) is 5.35. The van der Waals surface area contributed by atoms with E-state index in [2.05, 4.69) is 34.0 Å². The van der Waals surface area contributed by atoms with Gasteiger partial charge < -0.3 is 19.7 Å². The van der Waals surface area contributed by atoms with Gasteiger partial charge in [-0.25, -0.2) is 4.98 Å². The van der Waals surface area contributed by atoms with Crippen molar-refractivity contribution < 1.29 is 14.3 Å². The van der Waals surface area contributed by atoms with E-state index in [0.717, 1.165) is 31.1 Å². The monoisotopic (exact) mass is 501 g/mol. The molecule has 0 fully saturated rings. The number of carbonyl (C=O) groups is 1. The average Bonchev–Trinajstić information content (AvgIpc) is 2.84. The molecule has 2 heterocycles. The van der Waals surface area contributed by atoms with Crippen molar-refractivity contribution in [2.75, 3.05) is 43.2 Å². The van der Waals surface area contributed by atoms with Crippen LogP contribution in [-0.2, 0) is 0 Å². The Balaban J connectivity index is 1.41. The number of amides is 1. The Morgan fingerprint density at radius 3 is 2.50 bits per heavy atom. The van der Waals surface area contributed by atoms with Crippen molar-refractivity contribution >= 4 is 46.4 Å². The smallest absolute Gasteiger partial charge is 0.268 e. The van der Waals surface area contributed by atoms with Gasteiger partial charge in [-0.3, -0.25) is 9.69 Å². The highest BCUT2D eigenvalue weighted by atomic mass is 35.5. The predicted octanol–water partition coefficient (Wildman–Crippen LogP) is 5.24. The summed E-state index contributed by atoms with van der Waals surface area (Å²) in [7, 11) is 0. The van der Waals surface area contributed by atoms with E-state index < -0.39 is 0 Å². The number of nitrogens with zero attached hydrogens (tertiary/aromatic N) is 4. The van der Waals surface area contributed by atoms with Gasteiger partial charge >= 0.3 is 0 Å². The zero-order chi connectivity index (χ0) is 24.1. The number of ether oxygens (including phenoxy) is 2. The van der Waals surface area contributed by atoms with E-state index in [4.69, 9.17) is 32.7 Å². The highest BCUT2D eigenvalue weighted by molar-refractivity contribution is 6.40. The second-order valence-electron chi connectivity index (χ2n) is 7.51. The third-order valence-corrected chi connectivity index (χ3v) is 6.06. The van der Waals surface area contributed by atoms with Gasteiger partial charge in [-0.15, -0.1) is 0 Å². The van der Waals surface area contributed by atoms with E-state index in [9.17, 15) is 4.79 Å². The van der Waals surface area contributed by atoms with Gasteiger partial charge in [0.15, 0.2) is 6.73 Å². The first-order chi connectivity index (χ1) is 16.5. The molecule has 2 aromatic carbocycles. The molecule has 0 saturated heterocycles. The summed E-state index contributed by atoms with van der Waals surface area (Å²) >= 11 is 12.5. The van der Waals surface area contributed by atoms with Crippen LogP contribution in [0.2, 0.25) is 10.0 Å². The zero-order valence-electron chi connectivity index (χ0n) is 18.9. The molecule has 0 aliphatic carbocycles. The Labute approximate surface area is 208 Å². The first kappa shape index (κ1) is 24.1. The maximum Gasteiger partial charge on any atom is 0.268 e. The molecule has 0 spiro atoms. The molecule has 3 aromatic rings. The summed E-state index contributed by atoms with van der Waals surface area (Å²) < 4.78 is 11.5. The van der Waals surface area contributed by atoms with Crippen LogP contribution in [0.4, 0.5) is 17.3 Å². The molecule has 10 heteroatoms. The number of anilines is 3. The first-order valence-corrected chi connectivity index (χ1v) is 11.7. The number of benzene rings is 2. The molecule has 0 atom stereocenters. The van der Waals surface area contributed by atoms with Gasteiger partial charge in [0.05, 0.1) is 15.7 Å². The van der Waals surface area contributed by atoms with Crippen LogP contribution in [0.1, 0.15) is 24.2 Å². The number of halogens is 2. The van der Waals surface area contributed by atoms with E-state index in [1.807, 2.05) is 24.3 Å². The number of nitrogens with one attached hydrogen (secondary N) is 1. The molecule has 34 heavy (non-hydrogen) atoms. The molecule has 4 rings (SSSR count). The number of hydrogen-bond donors (Lipinski definition) is 1. The molecular formula is C24H25Cl2N5O3. The quantitative estimate of drug-likeness (QED) is 0.429. The van der Waals surface area contributed by atoms with Gasteiger partial charge in [-0.05, 0) is 49.5 Å². The molecule has 0 radical (unpaired) electrons. The van der Waals surface area contributed by atoms with Crippen molar-refractivity contribution in [3.8, 4) is 11.6 Å². The summed E-state index contributed by atoms with van der Waals surface area (Å²) in [4.78, 5) is 25.3. The minimum Gasteiger partial charge on any atom is -0.492 e. The van der Waals surface area contributed by atoms with Crippen LogP contribution in [0.3, 0.4) is 0 Å². The standard InChI is InChI=1S/C24H25Cl2N5O3/c1-3-30(4-2)12-13-33-17-10-8-16(9-11-17)28-24-27-14-18-22(29-24)34-15-31(23(18)32)21-19(25)6-5-7-20(21)26/h5-11,14H,3-4,12-13,15H2,1-2H3,(H,27,28,29). The van der Waals surface area contributed by atoms with Crippen LogP contribution < -0.4 is 19.7 Å². The van der Waals surface area contributed by atoms with Gasteiger partial charge in [-0.2, -0.15) is 4.98 Å². The van der Waals surface area contributed by atoms with Crippen molar-refractivity contribution in [2.24, 2.45) is 0 Å². The normalized spacial score (nSPS) is 13.0. The van der Waals surface area contributed by atoms with Gasteiger partial charge in [0.1, 0.15) is 17.9 Å². The van der Waals surface area contributed by atoms with Crippen molar-refractivity contribution in [1.29, 1.82) is 0 Å². The molecule has 0 saturated carbocycles. The zero-order valence-corrected chi connectivity index (χ0v) is 20.4. The average molecular weight is 502 g/mol. The highest BCUT2D eigenvalue weighted by Crippen LogP contribution is 2.37. The fraction of sp³-hybridized carbons (Fsp3) is 0.292. The molecule has 8 nitrogen and oxygen atoms in total. The molecular weight excluding hydrogens is 477 g/mol. The Kier molecular flexibility index (Phi) is 7.72. The second-order valence-corrected chi connectivity index (χ2v) is 8.33. The minimum absolute atomic E-state index is 0.0642. The van der Waals surface area contributed by atoms with Crippen molar-refractivity contribution in [3.63, 3.8) is 0 Å². The van der Waals surface area contributed by atoms with Crippen molar-refractivity contribution in [3.05, 3.63) is 64.3 Å². The Bertz CT molecular complexity index is 1140. The fourth-order valence-corrected chi connectivity index (χ4v) is 4.12. The first-order valence-electron chi connectivity index (χ1n) is 11.0. The molecule has 0 unspecified atom stereocenters. The number of rotatable bonds is 9. The third-order valence-electron chi connectivity index (χ3n) is 5.45. The summed E-state index contributed by atoms with van der Waals surface area (Å²) in [6.07, 6.45) is 1.43. The Morgan fingerprint density at radius 1 is 1.12 bits per heavy atom. The number of carbonyl (C=O) groups excluding carboxylic acids is 1. The van der Waals surface area contributed by atoms with Crippen LogP contribution in [0.15, 0.2) is 48.7 Å². The van der Waals surface area contributed by atoms with E-state index in [-0.39, 0.29) is 24.1 Å². The number of aromatic nitrogens is 2. The SMILES string of the molecule is CCN(CC)CCOc1ccc(Nc2ncc3c(n2)OCN(c2c(Cl)cccc2Cl)C3=O)cc1. The number of para-hydroxylation sites is 1. The van der Waals surface area contributed by atoms with Crippen LogP contribution >= 0.6 is 23.2 Å². The minimum atomic E-state index is -0.339. The molecule has 0 bridgehead atoms. The number of likely N-dealkylation sites (N-methyl/N-ethyl adjacent to an activating group) is 1. The lowest BCUT2D eigenvalue weighted by Gasteiger charge is -2.29. The van der Waals surface area contributed by atoms with Gasteiger partial charge in [0.25, 0.3) is 5.91 Å². The molecule has 178 valence electrons. The highest BCUT2D eigenvalue weighted by Gasteiger charge is 2.31. The molecule has 1 aromatic heterocycles. The van der Waals surface area contributed by atoms with Gasteiger partial charge in [-0.1, -0.05) is 43.1 Å². The second kappa shape index (κ2) is 10.9. The molecule has 1 amide bonds. The molecule has 1 aliphatic heterocycles.